The highest BCUT2D eigenvalue weighted by Crippen LogP contribution is 2.27. The Hall–Kier alpha value is -4.04. The van der Waals surface area contributed by atoms with Crippen molar-refractivity contribution in [2.45, 2.75) is 12.8 Å². The van der Waals surface area contributed by atoms with Crippen LogP contribution in [0.1, 0.15) is 11.1 Å². The van der Waals surface area contributed by atoms with E-state index in [1.54, 1.807) is 0 Å². The lowest BCUT2D eigenvalue weighted by atomic mass is 10.0. The Bertz CT molecular complexity index is 1090. The molecule has 4 rings (SSSR count). The first-order valence-corrected chi connectivity index (χ1v) is 10.9. The Kier molecular flexibility index (Phi) is 6.84. The Balaban J connectivity index is 1.46. The maximum Gasteiger partial charge on any atom is 0.0419 e. The molecule has 0 aromatic heterocycles. The molecule has 2 heteroatoms. The van der Waals surface area contributed by atoms with Gasteiger partial charge in [0.1, 0.15) is 0 Å². The second-order valence-electron chi connectivity index (χ2n) is 7.70. The maximum atomic E-state index is 3.86. The van der Waals surface area contributed by atoms with E-state index < -0.39 is 0 Å². The Morgan fingerprint density at radius 2 is 0.875 bits per heavy atom. The van der Waals surface area contributed by atoms with Gasteiger partial charge in [0, 0.05) is 22.7 Å². The van der Waals surface area contributed by atoms with Crippen LogP contribution in [0.5, 0.6) is 0 Å². The van der Waals surface area contributed by atoms with Gasteiger partial charge in [0.25, 0.3) is 0 Å². The van der Waals surface area contributed by atoms with Crippen molar-refractivity contribution in [3.63, 3.8) is 0 Å². The number of anilines is 4. The highest BCUT2D eigenvalue weighted by atomic mass is 14.9. The lowest BCUT2D eigenvalue weighted by Gasteiger charge is -2.13. The average Bonchev–Trinajstić information content (AvgIpc) is 2.83. The summed E-state index contributed by atoms with van der Waals surface area (Å²) < 4.78 is 0. The summed E-state index contributed by atoms with van der Waals surface area (Å²) in [5, 5.41) is 7.05. The molecular formula is C30H28N2. The third kappa shape index (κ3) is 5.16. The van der Waals surface area contributed by atoms with E-state index in [0.717, 1.165) is 35.6 Å². The van der Waals surface area contributed by atoms with Gasteiger partial charge in [-0.1, -0.05) is 72.8 Å². The zero-order valence-corrected chi connectivity index (χ0v) is 18.2. The van der Waals surface area contributed by atoms with Crippen LogP contribution in [0.2, 0.25) is 0 Å². The van der Waals surface area contributed by atoms with Gasteiger partial charge in [0.2, 0.25) is 0 Å². The molecule has 4 aromatic carbocycles. The monoisotopic (exact) mass is 416 g/mol. The molecular weight excluding hydrogens is 388 g/mol. The van der Waals surface area contributed by atoms with E-state index in [1.807, 2.05) is 12.2 Å². The molecule has 2 N–H and O–H groups in total. The van der Waals surface area contributed by atoms with Crippen molar-refractivity contribution >= 4 is 22.7 Å². The predicted octanol–water partition coefficient (Wildman–Crippen LogP) is 8.30. The molecule has 158 valence electrons. The van der Waals surface area contributed by atoms with Crippen LogP contribution in [-0.4, -0.2) is 0 Å². The van der Waals surface area contributed by atoms with Crippen molar-refractivity contribution in [2.24, 2.45) is 0 Å². The van der Waals surface area contributed by atoms with E-state index >= 15 is 0 Å². The molecule has 0 spiro atoms. The van der Waals surface area contributed by atoms with Gasteiger partial charge in [-0.25, -0.2) is 0 Å². The summed E-state index contributed by atoms with van der Waals surface area (Å²) >= 11 is 0. The second kappa shape index (κ2) is 10.3. The summed E-state index contributed by atoms with van der Waals surface area (Å²) in [4.78, 5) is 0. The Labute approximate surface area is 191 Å². The SMILES string of the molecule is C=CCc1ccccc1Nc1ccc(-c2ccc(Nc3ccccc3CC=C)cc2)cc1. The minimum Gasteiger partial charge on any atom is -0.355 e. The zero-order valence-electron chi connectivity index (χ0n) is 18.2. The first-order chi connectivity index (χ1) is 15.8. The van der Waals surface area contributed by atoms with Gasteiger partial charge in [0.15, 0.2) is 0 Å². The molecule has 0 saturated carbocycles. The fourth-order valence-electron chi connectivity index (χ4n) is 3.75. The number of para-hydroxylation sites is 2. The summed E-state index contributed by atoms with van der Waals surface area (Å²) in [5.74, 6) is 0. The van der Waals surface area contributed by atoms with Crippen LogP contribution >= 0.6 is 0 Å². The molecule has 0 aliphatic heterocycles. The summed E-state index contributed by atoms with van der Waals surface area (Å²) in [6.45, 7) is 7.71. The van der Waals surface area contributed by atoms with E-state index in [0.29, 0.717) is 0 Å². The molecule has 0 bridgehead atoms. The van der Waals surface area contributed by atoms with E-state index in [2.05, 4.69) is 121 Å². The molecule has 2 nitrogen and oxygen atoms in total. The Morgan fingerprint density at radius 1 is 0.500 bits per heavy atom. The molecule has 0 saturated heterocycles. The third-order valence-electron chi connectivity index (χ3n) is 5.42. The predicted molar refractivity (Wildman–Crippen MR) is 139 cm³/mol. The quantitative estimate of drug-likeness (QED) is 0.268. The van der Waals surface area contributed by atoms with Crippen LogP contribution < -0.4 is 10.6 Å². The van der Waals surface area contributed by atoms with Gasteiger partial charge in [-0.3, -0.25) is 0 Å². The number of hydrogen-bond acceptors (Lipinski definition) is 2. The van der Waals surface area contributed by atoms with Gasteiger partial charge in [-0.15, -0.1) is 13.2 Å². The van der Waals surface area contributed by atoms with Crippen LogP contribution in [0.4, 0.5) is 22.7 Å². The standard InChI is InChI=1S/C30H28N2/c1-3-9-25-11-5-7-13-29(25)31-27-19-15-23(16-20-27)24-17-21-28(22-18-24)32-30-14-8-6-12-26(30)10-4-2/h3-8,11-22,31-32H,1-2,9-10H2. The average molecular weight is 417 g/mol. The van der Waals surface area contributed by atoms with Crippen molar-refractivity contribution < 1.29 is 0 Å². The molecule has 0 aliphatic rings. The number of benzene rings is 4. The molecule has 0 aliphatic carbocycles. The van der Waals surface area contributed by atoms with Gasteiger partial charge >= 0.3 is 0 Å². The van der Waals surface area contributed by atoms with E-state index in [4.69, 9.17) is 0 Å². The van der Waals surface area contributed by atoms with E-state index in [-0.39, 0.29) is 0 Å². The van der Waals surface area contributed by atoms with Gasteiger partial charge in [-0.2, -0.15) is 0 Å². The lowest BCUT2D eigenvalue weighted by Crippen LogP contribution is -1.95. The summed E-state index contributed by atoms with van der Waals surface area (Å²) in [5.41, 5.74) is 9.24. The topological polar surface area (TPSA) is 24.1 Å². The van der Waals surface area contributed by atoms with Crippen LogP contribution in [0, 0.1) is 0 Å². The maximum absolute atomic E-state index is 3.86. The van der Waals surface area contributed by atoms with E-state index in [9.17, 15) is 0 Å². The van der Waals surface area contributed by atoms with Gasteiger partial charge < -0.3 is 10.6 Å². The largest absolute Gasteiger partial charge is 0.355 e. The number of hydrogen-bond donors (Lipinski definition) is 2. The van der Waals surface area contributed by atoms with Crippen molar-refractivity contribution in [3.05, 3.63) is 133 Å². The van der Waals surface area contributed by atoms with Crippen molar-refractivity contribution in [1.82, 2.24) is 0 Å². The first-order valence-electron chi connectivity index (χ1n) is 10.9. The Morgan fingerprint density at radius 3 is 1.25 bits per heavy atom. The van der Waals surface area contributed by atoms with Crippen LogP contribution in [-0.2, 0) is 12.8 Å². The van der Waals surface area contributed by atoms with Gasteiger partial charge in [-0.05, 0) is 71.5 Å². The van der Waals surface area contributed by atoms with Crippen LogP contribution in [0.3, 0.4) is 0 Å². The summed E-state index contributed by atoms with van der Waals surface area (Å²) in [6.07, 6.45) is 5.56. The molecule has 0 atom stereocenters. The van der Waals surface area contributed by atoms with E-state index in [1.165, 1.54) is 22.3 Å². The number of rotatable bonds is 9. The lowest BCUT2D eigenvalue weighted by molar-refractivity contribution is 1.27. The number of nitrogens with one attached hydrogen (secondary N) is 2. The van der Waals surface area contributed by atoms with Crippen molar-refractivity contribution in [3.8, 4) is 11.1 Å². The van der Waals surface area contributed by atoms with Crippen LogP contribution in [0.25, 0.3) is 11.1 Å². The fraction of sp³-hybridized carbons (Fsp3) is 0.0667. The second-order valence-corrected chi connectivity index (χ2v) is 7.70. The van der Waals surface area contributed by atoms with Gasteiger partial charge in [0.05, 0.1) is 0 Å². The summed E-state index contributed by atoms with van der Waals surface area (Å²) in [6, 6.07) is 33.8. The highest BCUT2D eigenvalue weighted by molar-refractivity contribution is 5.72. The molecule has 0 heterocycles. The normalized spacial score (nSPS) is 10.4. The third-order valence-corrected chi connectivity index (χ3v) is 5.42. The molecule has 0 fully saturated rings. The minimum absolute atomic E-state index is 0.847. The fourth-order valence-corrected chi connectivity index (χ4v) is 3.75. The smallest absolute Gasteiger partial charge is 0.0419 e. The van der Waals surface area contributed by atoms with Crippen molar-refractivity contribution in [1.29, 1.82) is 0 Å². The van der Waals surface area contributed by atoms with Crippen LogP contribution in [0.15, 0.2) is 122 Å². The summed E-state index contributed by atoms with van der Waals surface area (Å²) in [7, 11) is 0. The molecule has 4 aromatic rings. The minimum atomic E-state index is 0.847. The molecule has 32 heavy (non-hydrogen) atoms. The number of allylic oxidation sites excluding steroid dienone is 2. The zero-order chi connectivity index (χ0) is 22.2. The first kappa shape index (κ1) is 21.2. The molecule has 0 radical (unpaired) electrons. The molecule has 0 amide bonds. The van der Waals surface area contributed by atoms with Crippen molar-refractivity contribution in [2.75, 3.05) is 10.6 Å². The highest BCUT2D eigenvalue weighted by Gasteiger charge is 2.04. The molecule has 0 unspecified atom stereocenters.